The fourth-order valence-electron chi connectivity index (χ4n) is 4.38. The van der Waals surface area contributed by atoms with Crippen molar-refractivity contribution >= 4 is 11.9 Å². The molecule has 6 nitrogen and oxygen atoms in total. The summed E-state index contributed by atoms with van der Waals surface area (Å²) in [4.78, 5) is 17.0. The second-order valence-electron chi connectivity index (χ2n) is 9.36. The van der Waals surface area contributed by atoms with Crippen molar-refractivity contribution in [2.24, 2.45) is 16.3 Å². The Morgan fingerprint density at radius 3 is 2.50 bits per heavy atom. The van der Waals surface area contributed by atoms with Gasteiger partial charge in [-0.2, -0.15) is 0 Å². The Labute approximate surface area is 171 Å². The number of hydrogen-bond donors (Lipinski definition) is 3. The molecule has 2 unspecified atom stereocenters. The molecule has 1 aliphatic carbocycles. The Morgan fingerprint density at radius 2 is 1.82 bits per heavy atom. The van der Waals surface area contributed by atoms with E-state index in [4.69, 9.17) is 9.73 Å². The van der Waals surface area contributed by atoms with Crippen LogP contribution < -0.4 is 16.0 Å². The molecule has 162 valence electrons. The van der Waals surface area contributed by atoms with E-state index in [9.17, 15) is 4.79 Å². The number of aliphatic imine (C=N–C) groups is 1. The van der Waals surface area contributed by atoms with Crippen molar-refractivity contribution in [1.29, 1.82) is 0 Å². The van der Waals surface area contributed by atoms with Gasteiger partial charge in [-0.05, 0) is 38.0 Å². The summed E-state index contributed by atoms with van der Waals surface area (Å²) in [6.45, 7) is 11.8. The van der Waals surface area contributed by atoms with Crippen molar-refractivity contribution in [3.05, 3.63) is 0 Å². The van der Waals surface area contributed by atoms with Gasteiger partial charge in [0.25, 0.3) is 0 Å². The Kier molecular flexibility index (Phi) is 9.56. The first kappa shape index (κ1) is 23.0. The maximum atomic E-state index is 12.2. The van der Waals surface area contributed by atoms with E-state index in [1.165, 1.54) is 19.3 Å². The molecule has 1 saturated heterocycles. The van der Waals surface area contributed by atoms with Crippen LogP contribution in [0.4, 0.5) is 0 Å². The predicted octanol–water partition coefficient (Wildman–Crippen LogP) is 3.22. The highest BCUT2D eigenvalue weighted by Crippen LogP contribution is 2.34. The standard InChI is InChI=1S/C22H42N4O2/c1-5-23-21(24-14-13-19(27)26-18-11-7-6-8-12-18)25-16-17-10-9-15-28-20(17)22(2,3)4/h17-18,20H,5-16H2,1-4H3,(H,26,27)(H2,23,24,25). The molecule has 2 fully saturated rings. The topological polar surface area (TPSA) is 74.8 Å². The summed E-state index contributed by atoms with van der Waals surface area (Å²) in [5.41, 5.74) is 0.129. The number of rotatable bonds is 7. The van der Waals surface area contributed by atoms with Crippen LogP contribution in [0.5, 0.6) is 0 Å². The monoisotopic (exact) mass is 394 g/mol. The lowest BCUT2D eigenvalue weighted by molar-refractivity contribution is -0.121. The van der Waals surface area contributed by atoms with E-state index in [2.05, 4.69) is 43.6 Å². The van der Waals surface area contributed by atoms with Gasteiger partial charge in [0, 0.05) is 44.6 Å². The van der Waals surface area contributed by atoms with E-state index in [0.29, 0.717) is 24.9 Å². The molecule has 1 amide bonds. The molecule has 3 N–H and O–H groups in total. The SMILES string of the molecule is CCNC(=NCC1CCCOC1C(C)(C)C)NCCC(=O)NC1CCCCC1. The average molecular weight is 395 g/mol. The quantitative estimate of drug-likeness (QED) is 0.458. The average Bonchev–Trinajstić information content (AvgIpc) is 2.66. The largest absolute Gasteiger partial charge is 0.377 e. The first-order chi connectivity index (χ1) is 13.4. The Balaban J connectivity index is 1.78. The van der Waals surface area contributed by atoms with Crippen LogP contribution in [-0.2, 0) is 9.53 Å². The van der Waals surface area contributed by atoms with Crippen LogP contribution in [0.1, 0.15) is 79.1 Å². The zero-order valence-electron chi connectivity index (χ0n) is 18.5. The van der Waals surface area contributed by atoms with Crippen LogP contribution in [0.3, 0.4) is 0 Å². The molecule has 2 atom stereocenters. The third-order valence-electron chi connectivity index (χ3n) is 5.74. The molecule has 6 heteroatoms. The smallest absolute Gasteiger partial charge is 0.221 e. The lowest BCUT2D eigenvalue weighted by atomic mass is 9.78. The molecule has 0 aromatic carbocycles. The highest BCUT2D eigenvalue weighted by molar-refractivity contribution is 5.81. The first-order valence-corrected chi connectivity index (χ1v) is 11.3. The van der Waals surface area contributed by atoms with Gasteiger partial charge in [0.05, 0.1) is 6.10 Å². The normalized spacial score (nSPS) is 24.6. The lowest BCUT2D eigenvalue weighted by Crippen LogP contribution is -2.43. The summed E-state index contributed by atoms with van der Waals surface area (Å²) in [7, 11) is 0. The summed E-state index contributed by atoms with van der Waals surface area (Å²) < 4.78 is 6.07. The molecule has 1 heterocycles. The first-order valence-electron chi connectivity index (χ1n) is 11.3. The van der Waals surface area contributed by atoms with E-state index in [-0.39, 0.29) is 17.4 Å². The number of amides is 1. The molecule has 1 saturated carbocycles. The molecule has 1 aliphatic heterocycles. The maximum Gasteiger partial charge on any atom is 0.221 e. The van der Waals surface area contributed by atoms with Crippen LogP contribution in [0.2, 0.25) is 0 Å². The van der Waals surface area contributed by atoms with Crippen molar-refractivity contribution < 1.29 is 9.53 Å². The van der Waals surface area contributed by atoms with E-state index < -0.39 is 0 Å². The Bertz CT molecular complexity index is 495. The summed E-state index contributed by atoms with van der Waals surface area (Å²) >= 11 is 0. The van der Waals surface area contributed by atoms with Gasteiger partial charge in [0.15, 0.2) is 5.96 Å². The van der Waals surface area contributed by atoms with E-state index in [1.54, 1.807) is 0 Å². The van der Waals surface area contributed by atoms with Gasteiger partial charge in [0.1, 0.15) is 0 Å². The summed E-state index contributed by atoms with van der Waals surface area (Å²) in [6.07, 6.45) is 9.03. The molecule has 2 rings (SSSR count). The number of carbonyl (C=O) groups is 1. The summed E-state index contributed by atoms with van der Waals surface area (Å²) in [6, 6.07) is 0.379. The number of hydrogen-bond acceptors (Lipinski definition) is 3. The molecule has 28 heavy (non-hydrogen) atoms. The Hall–Kier alpha value is -1.30. The van der Waals surface area contributed by atoms with Crippen LogP contribution in [-0.4, -0.2) is 50.3 Å². The minimum Gasteiger partial charge on any atom is -0.377 e. The number of carbonyl (C=O) groups excluding carboxylic acids is 1. The summed E-state index contributed by atoms with van der Waals surface area (Å²) in [5, 5.41) is 9.79. The Morgan fingerprint density at radius 1 is 1.07 bits per heavy atom. The van der Waals surface area contributed by atoms with E-state index in [1.807, 2.05) is 0 Å². The van der Waals surface area contributed by atoms with Crippen molar-refractivity contribution in [3.8, 4) is 0 Å². The van der Waals surface area contributed by atoms with Crippen molar-refractivity contribution in [3.63, 3.8) is 0 Å². The second kappa shape index (κ2) is 11.6. The minimum absolute atomic E-state index is 0.129. The zero-order valence-corrected chi connectivity index (χ0v) is 18.5. The predicted molar refractivity (Wildman–Crippen MR) is 116 cm³/mol. The highest BCUT2D eigenvalue weighted by Gasteiger charge is 2.35. The van der Waals surface area contributed by atoms with Gasteiger partial charge < -0.3 is 20.7 Å². The molecule has 0 aromatic rings. The third-order valence-corrected chi connectivity index (χ3v) is 5.74. The van der Waals surface area contributed by atoms with Crippen molar-refractivity contribution in [2.75, 3.05) is 26.2 Å². The number of nitrogens with zero attached hydrogens (tertiary/aromatic N) is 1. The van der Waals surface area contributed by atoms with E-state index >= 15 is 0 Å². The maximum absolute atomic E-state index is 12.2. The minimum atomic E-state index is 0.129. The molecule has 0 spiro atoms. The van der Waals surface area contributed by atoms with Gasteiger partial charge in [-0.15, -0.1) is 0 Å². The van der Waals surface area contributed by atoms with Gasteiger partial charge in [-0.25, -0.2) is 0 Å². The molecule has 0 radical (unpaired) electrons. The van der Waals surface area contributed by atoms with Crippen LogP contribution in [0.25, 0.3) is 0 Å². The fraction of sp³-hybridized carbons (Fsp3) is 0.909. The van der Waals surface area contributed by atoms with Gasteiger partial charge in [-0.1, -0.05) is 40.0 Å². The fourth-order valence-corrected chi connectivity index (χ4v) is 4.38. The van der Waals surface area contributed by atoms with Crippen molar-refractivity contribution in [1.82, 2.24) is 16.0 Å². The summed E-state index contributed by atoms with van der Waals surface area (Å²) in [5.74, 6) is 1.38. The molecule has 0 aromatic heterocycles. The number of nitrogens with one attached hydrogen (secondary N) is 3. The van der Waals surface area contributed by atoms with Gasteiger partial charge >= 0.3 is 0 Å². The zero-order chi connectivity index (χ0) is 20.4. The van der Waals surface area contributed by atoms with Crippen molar-refractivity contribution in [2.45, 2.75) is 91.2 Å². The van der Waals surface area contributed by atoms with Gasteiger partial charge in [-0.3, -0.25) is 9.79 Å². The van der Waals surface area contributed by atoms with Crippen LogP contribution in [0, 0.1) is 11.3 Å². The molecular formula is C22H42N4O2. The molecule has 0 bridgehead atoms. The molecule has 2 aliphatic rings. The van der Waals surface area contributed by atoms with E-state index in [0.717, 1.165) is 51.3 Å². The highest BCUT2D eigenvalue weighted by atomic mass is 16.5. The lowest BCUT2D eigenvalue weighted by Gasteiger charge is -2.39. The number of ether oxygens (including phenoxy) is 1. The van der Waals surface area contributed by atoms with Crippen LogP contribution in [0.15, 0.2) is 4.99 Å². The molecular weight excluding hydrogens is 352 g/mol. The van der Waals surface area contributed by atoms with Gasteiger partial charge in [0.2, 0.25) is 5.91 Å². The second-order valence-corrected chi connectivity index (χ2v) is 9.36. The number of guanidine groups is 1. The van der Waals surface area contributed by atoms with Crippen LogP contribution >= 0.6 is 0 Å². The third kappa shape index (κ3) is 7.98.